The van der Waals surface area contributed by atoms with Gasteiger partial charge in [-0.3, -0.25) is 4.79 Å². The Morgan fingerprint density at radius 3 is 2.62 bits per heavy atom. The van der Waals surface area contributed by atoms with Gasteiger partial charge in [0.25, 0.3) is 5.91 Å². The van der Waals surface area contributed by atoms with Crippen molar-refractivity contribution in [3.63, 3.8) is 0 Å². The fourth-order valence-electron chi connectivity index (χ4n) is 1.64. The van der Waals surface area contributed by atoms with E-state index in [1.807, 2.05) is 13.0 Å². The highest BCUT2D eigenvalue weighted by Crippen LogP contribution is 2.25. The summed E-state index contributed by atoms with van der Waals surface area (Å²) in [6.45, 7) is 1.65. The third-order valence-corrected chi connectivity index (χ3v) is 3.26. The number of hydrogen-bond acceptors (Lipinski definition) is 2. The maximum atomic E-state index is 12.9. The zero-order valence-corrected chi connectivity index (χ0v) is 12.6. The van der Waals surface area contributed by atoms with E-state index in [1.54, 1.807) is 12.1 Å². The standard InChI is InChI=1S/C15H12Cl2FNO2/c1-9-2-4-13(11(16)6-9)19-15(20)8-21-14-5-3-10(18)7-12(14)17/h2-7H,8H2,1H3,(H,19,20). The number of carbonyl (C=O) groups excluding carboxylic acids is 1. The van der Waals surface area contributed by atoms with E-state index in [0.29, 0.717) is 10.7 Å². The topological polar surface area (TPSA) is 38.3 Å². The maximum Gasteiger partial charge on any atom is 0.262 e. The minimum absolute atomic E-state index is 0.108. The van der Waals surface area contributed by atoms with Gasteiger partial charge in [0.05, 0.1) is 15.7 Å². The molecular weight excluding hydrogens is 316 g/mol. The summed E-state index contributed by atoms with van der Waals surface area (Å²) in [7, 11) is 0. The van der Waals surface area contributed by atoms with E-state index in [0.717, 1.165) is 11.6 Å². The minimum Gasteiger partial charge on any atom is -0.482 e. The van der Waals surface area contributed by atoms with Crippen LogP contribution in [0.4, 0.5) is 10.1 Å². The Kier molecular flexibility index (Phi) is 5.04. The predicted molar refractivity (Wildman–Crippen MR) is 81.7 cm³/mol. The molecule has 0 saturated carbocycles. The Hall–Kier alpha value is -1.78. The second-order valence-corrected chi connectivity index (χ2v) is 5.21. The van der Waals surface area contributed by atoms with Crippen molar-refractivity contribution in [1.82, 2.24) is 0 Å². The molecule has 0 spiro atoms. The normalized spacial score (nSPS) is 10.3. The van der Waals surface area contributed by atoms with Crippen molar-refractivity contribution in [2.75, 3.05) is 11.9 Å². The van der Waals surface area contributed by atoms with Gasteiger partial charge in [0, 0.05) is 0 Å². The van der Waals surface area contributed by atoms with E-state index in [9.17, 15) is 9.18 Å². The lowest BCUT2D eigenvalue weighted by molar-refractivity contribution is -0.118. The molecule has 0 heterocycles. The number of rotatable bonds is 4. The van der Waals surface area contributed by atoms with Gasteiger partial charge in [0.1, 0.15) is 11.6 Å². The van der Waals surface area contributed by atoms with Gasteiger partial charge in [-0.15, -0.1) is 0 Å². The van der Waals surface area contributed by atoms with Crippen LogP contribution in [0.5, 0.6) is 5.75 Å². The third kappa shape index (κ3) is 4.34. The summed E-state index contributed by atoms with van der Waals surface area (Å²) in [5.41, 5.74) is 1.49. The zero-order valence-electron chi connectivity index (χ0n) is 11.1. The molecular formula is C15H12Cl2FNO2. The van der Waals surface area contributed by atoms with Gasteiger partial charge in [-0.05, 0) is 42.8 Å². The first-order valence-electron chi connectivity index (χ1n) is 6.09. The number of ether oxygens (including phenoxy) is 1. The lowest BCUT2D eigenvalue weighted by Crippen LogP contribution is -2.20. The molecule has 0 aliphatic carbocycles. The molecule has 0 bridgehead atoms. The molecule has 6 heteroatoms. The van der Waals surface area contributed by atoms with Gasteiger partial charge >= 0.3 is 0 Å². The molecule has 1 amide bonds. The molecule has 0 fully saturated rings. The molecule has 110 valence electrons. The summed E-state index contributed by atoms with van der Waals surface area (Å²) < 4.78 is 18.1. The number of benzene rings is 2. The zero-order chi connectivity index (χ0) is 15.4. The van der Waals surface area contributed by atoms with E-state index in [1.165, 1.54) is 12.1 Å². The van der Waals surface area contributed by atoms with Gasteiger partial charge in [-0.25, -0.2) is 4.39 Å². The Morgan fingerprint density at radius 1 is 1.19 bits per heavy atom. The molecule has 2 aromatic carbocycles. The molecule has 0 saturated heterocycles. The first-order chi connectivity index (χ1) is 9.95. The molecule has 0 unspecified atom stereocenters. The molecule has 0 radical (unpaired) electrons. The van der Waals surface area contributed by atoms with E-state index >= 15 is 0 Å². The Morgan fingerprint density at radius 2 is 1.95 bits per heavy atom. The maximum absolute atomic E-state index is 12.9. The SMILES string of the molecule is Cc1ccc(NC(=O)COc2ccc(F)cc2Cl)c(Cl)c1. The van der Waals surface area contributed by atoms with Crippen molar-refractivity contribution >= 4 is 34.8 Å². The number of anilines is 1. The van der Waals surface area contributed by atoms with Crippen molar-refractivity contribution in [3.05, 3.63) is 57.8 Å². The summed E-state index contributed by atoms with van der Waals surface area (Å²) in [5.74, 6) is -0.618. The van der Waals surface area contributed by atoms with Crippen LogP contribution in [-0.2, 0) is 4.79 Å². The van der Waals surface area contributed by atoms with Crippen LogP contribution in [0.25, 0.3) is 0 Å². The average molecular weight is 328 g/mol. The summed E-state index contributed by atoms with van der Waals surface area (Å²) in [5, 5.41) is 3.18. The van der Waals surface area contributed by atoms with E-state index in [4.69, 9.17) is 27.9 Å². The van der Waals surface area contributed by atoms with Crippen LogP contribution < -0.4 is 10.1 Å². The van der Waals surface area contributed by atoms with Crippen LogP contribution in [0.15, 0.2) is 36.4 Å². The lowest BCUT2D eigenvalue weighted by atomic mass is 10.2. The molecule has 0 atom stereocenters. The van der Waals surface area contributed by atoms with Crippen LogP contribution in [0.2, 0.25) is 10.0 Å². The first kappa shape index (κ1) is 15.6. The minimum atomic E-state index is -0.469. The largest absolute Gasteiger partial charge is 0.482 e. The highest BCUT2D eigenvalue weighted by atomic mass is 35.5. The Labute approximate surface area is 131 Å². The Bertz CT molecular complexity index is 677. The van der Waals surface area contributed by atoms with E-state index in [-0.39, 0.29) is 23.3 Å². The van der Waals surface area contributed by atoms with E-state index < -0.39 is 5.82 Å². The van der Waals surface area contributed by atoms with Gasteiger partial charge in [-0.1, -0.05) is 29.3 Å². The predicted octanol–water partition coefficient (Wildman–Crippen LogP) is 4.46. The van der Waals surface area contributed by atoms with Gasteiger partial charge in [0.15, 0.2) is 6.61 Å². The van der Waals surface area contributed by atoms with Crippen LogP contribution in [0, 0.1) is 12.7 Å². The number of halogens is 3. The second-order valence-electron chi connectivity index (χ2n) is 4.39. The number of nitrogens with one attached hydrogen (secondary N) is 1. The third-order valence-electron chi connectivity index (χ3n) is 2.65. The number of aryl methyl sites for hydroxylation is 1. The average Bonchev–Trinajstić information content (AvgIpc) is 2.41. The molecule has 0 aromatic heterocycles. The molecule has 0 aliphatic rings. The highest BCUT2D eigenvalue weighted by Gasteiger charge is 2.09. The van der Waals surface area contributed by atoms with Gasteiger partial charge in [-0.2, -0.15) is 0 Å². The van der Waals surface area contributed by atoms with Crippen LogP contribution in [-0.4, -0.2) is 12.5 Å². The molecule has 3 nitrogen and oxygen atoms in total. The summed E-state index contributed by atoms with van der Waals surface area (Å²) in [6.07, 6.45) is 0. The first-order valence-corrected chi connectivity index (χ1v) is 6.85. The quantitative estimate of drug-likeness (QED) is 0.900. The summed E-state index contributed by atoms with van der Waals surface area (Å²) in [4.78, 5) is 11.8. The van der Waals surface area contributed by atoms with Crippen molar-refractivity contribution in [2.24, 2.45) is 0 Å². The Balaban J connectivity index is 1.96. The molecule has 2 aromatic rings. The smallest absolute Gasteiger partial charge is 0.262 e. The molecule has 2 rings (SSSR count). The molecule has 1 N–H and O–H groups in total. The number of hydrogen-bond donors (Lipinski definition) is 1. The number of amides is 1. The van der Waals surface area contributed by atoms with Crippen molar-refractivity contribution in [1.29, 1.82) is 0 Å². The van der Waals surface area contributed by atoms with Crippen LogP contribution in [0.1, 0.15) is 5.56 Å². The monoisotopic (exact) mass is 327 g/mol. The van der Waals surface area contributed by atoms with Gasteiger partial charge < -0.3 is 10.1 Å². The lowest BCUT2D eigenvalue weighted by Gasteiger charge is -2.10. The van der Waals surface area contributed by atoms with Crippen LogP contribution >= 0.6 is 23.2 Å². The van der Waals surface area contributed by atoms with Crippen molar-refractivity contribution in [3.8, 4) is 5.75 Å². The number of carbonyl (C=O) groups is 1. The van der Waals surface area contributed by atoms with E-state index in [2.05, 4.69) is 5.32 Å². The van der Waals surface area contributed by atoms with Crippen LogP contribution in [0.3, 0.4) is 0 Å². The fraction of sp³-hybridized carbons (Fsp3) is 0.133. The summed E-state index contributed by atoms with van der Waals surface area (Å²) in [6, 6.07) is 8.97. The highest BCUT2D eigenvalue weighted by molar-refractivity contribution is 6.33. The van der Waals surface area contributed by atoms with Crippen molar-refractivity contribution in [2.45, 2.75) is 6.92 Å². The molecule has 21 heavy (non-hydrogen) atoms. The second kappa shape index (κ2) is 6.78. The fourth-order valence-corrected chi connectivity index (χ4v) is 2.15. The van der Waals surface area contributed by atoms with Crippen molar-refractivity contribution < 1.29 is 13.9 Å². The van der Waals surface area contributed by atoms with Gasteiger partial charge in [0.2, 0.25) is 0 Å². The summed E-state index contributed by atoms with van der Waals surface area (Å²) >= 11 is 11.8. The molecule has 0 aliphatic heterocycles.